The minimum atomic E-state index is -3.61. The molecule has 110 valence electrons. The van der Waals surface area contributed by atoms with E-state index in [0.29, 0.717) is 13.1 Å². The third kappa shape index (κ3) is 3.11. The molecule has 5 nitrogen and oxygen atoms in total. The SMILES string of the molecule is COC(=O)c1ccc(S(=O)(=O)N2CCSCC2)c(Cl)c1. The number of rotatable bonds is 3. The lowest BCUT2D eigenvalue weighted by atomic mass is 10.2. The molecule has 1 heterocycles. The van der Waals surface area contributed by atoms with Gasteiger partial charge in [0.05, 0.1) is 17.7 Å². The van der Waals surface area contributed by atoms with E-state index in [0.717, 1.165) is 11.5 Å². The maximum atomic E-state index is 12.5. The Morgan fingerprint density at radius 2 is 2.00 bits per heavy atom. The van der Waals surface area contributed by atoms with Gasteiger partial charge in [0.1, 0.15) is 4.90 Å². The second-order valence-corrected chi connectivity index (χ2v) is 7.69. The van der Waals surface area contributed by atoms with Crippen LogP contribution in [0.3, 0.4) is 0 Å². The van der Waals surface area contributed by atoms with Crippen LogP contribution in [0.15, 0.2) is 23.1 Å². The first kappa shape index (κ1) is 15.6. The van der Waals surface area contributed by atoms with Crippen molar-refractivity contribution < 1.29 is 17.9 Å². The molecule has 0 radical (unpaired) electrons. The maximum absolute atomic E-state index is 12.5. The van der Waals surface area contributed by atoms with Crippen LogP contribution >= 0.6 is 23.4 Å². The third-order valence-electron chi connectivity index (χ3n) is 2.94. The van der Waals surface area contributed by atoms with Crippen molar-refractivity contribution in [3.8, 4) is 0 Å². The molecule has 0 aliphatic carbocycles. The van der Waals surface area contributed by atoms with Crippen LogP contribution in [0.5, 0.6) is 0 Å². The second kappa shape index (κ2) is 6.34. The van der Waals surface area contributed by atoms with Crippen LogP contribution in [0.2, 0.25) is 5.02 Å². The van der Waals surface area contributed by atoms with Gasteiger partial charge in [-0.3, -0.25) is 0 Å². The van der Waals surface area contributed by atoms with Gasteiger partial charge in [-0.15, -0.1) is 0 Å². The molecule has 1 aromatic carbocycles. The largest absolute Gasteiger partial charge is 0.465 e. The molecule has 1 fully saturated rings. The summed E-state index contributed by atoms with van der Waals surface area (Å²) in [5.74, 6) is 0.999. The topological polar surface area (TPSA) is 63.7 Å². The Balaban J connectivity index is 2.34. The van der Waals surface area contributed by atoms with Crippen molar-refractivity contribution >= 4 is 39.4 Å². The van der Waals surface area contributed by atoms with Gasteiger partial charge in [-0.05, 0) is 18.2 Å². The Kier molecular flexibility index (Phi) is 4.95. The van der Waals surface area contributed by atoms with Crippen molar-refractivity contribution in [2.45, 2.75) is 4.90 Å². The summed E-state index contributed by atoms with van der Waals surface area (Å²) in [4.78, 5) is 11.4. The van der Waals surface area contributed by atoms with Crippen LogP contribution in [-0.2, 0) is 14.8 Å². The number of esters is 1. The van der Waals surface area contributed by atoms with Crippen LogP contribution in [0.4, 0.5) is 0 Å². The van der Waals surface area contributed by atoms with E-state index in [2.05, 4.69) is 4.74 Å². The molecule has 20 heavy (non-hydrogen) atoms. The lowest BCUT2D eigenvalue weighted by Crippen LogP contribution is -2.38. The lowest BCUT2D eigenvalue weighted by Gasteiger charge is -2.26. The fourth-order valence-electron chi connectivity index (χ4n) is 1.88. The van der Waals surface area contributed by atoms with Crippen molar-refractivity contribution in [1.82, 2.24) is 4.31 Å². The van der Waals surface area contributed by atoms with Gasteiger partial charge in [0, 0.05) is 24.6 Å². The smallest absolute Gasteiger partial charge is 0.337 e. The van der Waals surface area contributed by atoms with Crippen molar-refractivity contribution in [2.24, 2.45) is 0 Å². The molecular weight excluding hydrogens is 322 g/mol. The molecule has 8 heteroatoms. The summed E-state index contributed by atoms with van der Waals surface area (Å²) in [7, 11) is -2.35. The number of hydrogen-bond acceptors (Lipinski definition) is 5. The van der Waals surface area contributed by atoms with Gasteiger partial charge in [0.2, 0.25) is 10.0 Å². The molecule has 0 bridgehead atoms. The average Bonchev–Trinajstić information content (AvgIpc) is 2.47. The highest BCUT2D eigenvalue weighted by molar-refractivity contribution is 7.99. The van der Waals surface area contributed by atoms with Gasteiger partial charge >= 0.3 is 5.97 Å². The molecule has 0 unspecified atom stereocenters. The number of hydrogen-bond donors (Lipinski definition) is 0. The predicted molar refractivity (Wildman–Crippen MR) is 78.9 cm³/mol. The summed E-state index contributed by atoms with van der Waals surface area (Å²) in [6.07, 6.45) is 0. The molecule has 0 atom stereocenters. The predicted octanol–water partition coefficient (Wildman–Crippen LogP) is 1.86. The average molecular weight is 336 g/mol. The quantitative estimate of drug-likeness (QED) is 0.789. The Hall–Kier alpha value is -0.760. The minimum Gasteiger partial charge on any atom is -0.465 e. The molecule has 2 rings (SSSR count). The monoisotopic (exact) mass is 335 g/mol. The number of nitrogens with zero attached hydrogens (tertiary/aromatic N) is 1. The number of halogens is 1. The molecule has 1 aliphatic rings. The van der Waals surface area contributed by atoms with Gasteiger partial charge < -0.3 is 4.74 Å². The van der Waals surface area contributed by atoms with Crippen molar-refractivity contribution in [1.29, 1.82) is 0 Å². The summed E-state index contributed by atoms with van der Waals surface area (Å²) in [5.41, 5.74) is 0.227. The van der Waals surface area contributed by atoms with E-state index in [-0.39, 0.29) is 15.5 Å². The summed E-state index contributed by atoms with van der Waals surface area (Å²) in [6, 6.07) is 4.08. The summed E-state index contributed by atoms with van der Waals surface area (Å²) in [5, 5.41) is 0.0335. The van der Waals surface area contributed by atoms with Crippen molar-refractivity contribution in [3.05, 3.63) is 28.8 Å². The standard InChI is InChI=1S/C12H14ClNO4S2/c1-18-12(15)9-2-3-11(10(13)8-9)20(16,17)14-4-6-19-7-5-14/h2-3,8H,4-7H2,1H3. The first-order valence-corrected chi connectivity index (χ1v) is 8.90. The van der Waals surface area contributed by atoms with Gasteiger partial charge in [0.25, 0.3) is 0 Å². The zero-order valence-corrected chi connectivity index (χ0v) is 13.2. The van der Waals surface area contributed by atoms with E-state index < -0.39 is 16.0 Å². The highest BCUT2D eigenvalue weighted by Crippen LogP contribution is 2.27. The molecule has 0 spiro atoms. The van der Waals surface area contributed by atoms with Crippen LogP contribution in [0.25, 0.3) is 0 Å². The second-order valence-electron chi connectivity index (χ2n) is 4.15. The first-order valence-electron chi connectivity index (χ1n) is 5.92. The van der Waals surface area contributed by atoms with Gasteiger partial charge in [-0.2, -0.15) is 16.1 Å². The molecule has 0 N–H and O–H groups in total. The fourth-order valence-corrected chi connectivity index (χ4v) is 4.97. The molecule has 1 saturated heterocycles. The zero-order chi connectivity index (χ0) is 14.8. The highest BCUT2D eigenvalue weighted by atomic mass is 35.5. The van der Waals surface area contributed by atoms with Crippen LogP contribution < -0.4 is 0 Å². The van der Waals surface area contributed by atoms with Crippen LogP contribution in [0.1, 0.15) is 10.4 Å². The Morgan fingerprint density at radius 1 is 1.35 bits per heavy atom. The molecular formula is C12H14ClNO4S2. The third-order valence-corrected chi connectivity index (χ3v) is 6.26. The van der Waals surface area contributed by atoms with E-state index in [1.807, 2.05) is 0 Å². The molecule has 0 aromatic heterocycles. The Morgan fingerprint density at radius 3 is 2.55 bits per heavy atom. The number of ether oxygens (including phenoxy) is 1. The van der Waals surface area contributed by atoms with Crippen molar-refractivity contribution in [2.75, 3.05) is 31.7 Å². The van der Waals surface area contributed by atoms with Crippen LogP contribution in [0, 0.1) is 0 Å². The normalized spacial score (nSPS) is 16.9. The van der Waals surface area contributed by atoms with E-state index >= 15 is 0 Å². The summed E-state index contributed by atoms with van der Waals surface area (Å²) >= 11 is 7.74. The number of carbonyl (C=O) groups is 1. The van der Waals surface area contributed by atoms with Gasteiger partial charge in [-0.1, -0.05) is 11.6 Å². The fraction of sp³-hybridized carbons (Fsp3) is 0.417. The number of benzene rings is 1. The molecule has 0 saturated carbocycles. The minimum absolute atomic E-state index is 0.0266. The Bertz CT molecular complexity index is 612. The molecule has 0 amide bonds. The molecule has 1 aromatic rings. The highest BCUT2D eigenvalue weighted by Gasteiger charge is 2.28. The number of carbonyl (C=O) groups excluding carboxylic acids is 1. The number of thioether (sulfide) groups is 1. The number of sulfonamides is 1. The first-order chi connectivity index (χ1) is 9.46. The summed E-state index contributed by atoms with van der Waals surface area (Å²) < 4.78 is 30.9. The maximum Gasteiger partial charge on any atom is 0.337 e. The molecule has 1 aliphatic heterocycles. The van der Waals surface area contributed by atoms with E-state index in [1.54, 1.807) is 11.8 Å². The number of methoxy groups -OCH3 is 1. The van der Waals surface area contributed by atoms with Crippen LogP contribution in [-0.4, -0.2) is 50.4 Å². The van der Waals surface area contributed by atoms with Crippen molar-refractivity contribution in [3.63, 3.8) is 0 Å². The van der Waals surface area contributed by atoms with E-state index in [4.69, 9.17) is 11.6 Å². The lowest BCUT2D eigenvalue weighted by molar-refractivity contribution is 0.0600. The summed E-state index contributed by atoms with van der Waals surface area (Å²) in [6.45, 7) is 0.949. The van der Waals surface area contributed by atoms with E-state index in [9.17, 15) is 13.2 Å². The van der Waals surface area contributed by atoms with Gasteiger partial charge in [-0.25, -0.2) is 13.2 Å². The Labute approximate surface area is 127 Å². The van der Waals surface area contributed by atoms with E-state index in [1.165, 1.54) is 29.6 Å². The van der Waals surface area contributed by atoms with Gasteiger partial charge in [0.15, 0.2) is 0 Å². The zero-order valence-electron chi connectivity index (χ0n) is 10.8.